The third kappa shape index (κ3) is 3.66. The van der Waals surface area contributed by atoms with Gasteiger partial charge in [-0.25, -0.2) is 15.0 Å². The lowest BCUT2D eigenvalue weighted by Gasteiger charge is -2.32. The normalized spacial score (nSPS) is 19.8. The predicted molar refractivity (Wildman–Crippen MR) is 135 cm³/mol. The topological polar surface area (TPSA) is 93.7 Å². The van der Waals surface area contributed by atoms with Crippen molar-refractivity contribution in [2.45, 2.75) is 31.4 Å². The Morgan fingerprint density at radius 3 is 2.76 bits per heavy atom. The molecule has 34 heavy (non-hydrogen) atoms. The van der Waals surface area contributed by atoms with Crippen LogP contribution < -0.4 is 5.32 Å². The number of hydrogen-bond donors (Lipinski definition) is 2. The third-order valence-corrected chi connectivity index (χ3v) is 7.35. The molecule has 4 aromatic heterocycles. The first-order valence-electron chi connectivity index (χ1n) is 11.4. The number of imidazole rings is 1. The van der Waals surface area contributed by atoms with E-state index in [1.807, 2.05) is 41.8 Å². The molecule has 1 fully saturated rings. The Kier molecular flexibility index (Phi) is 5.15. The number of aliphatic hydroxyl groups is 1. The number of aryl methyl sites for hydroxylation is 2. The Labute approximate surface area is 201 Å². The van der Waals surface area contributed by atoms with Crippen LogP contribution in [0.15, 0.2) is 55.0 Å². The molecule has 0 spiro atoms. The number of rotatable bonds is 5. The van der Waals surface area contributed by atoms with Crippen molar-refractivity contribution < 1.29 is 5.11 Å². The number of anilines is 1. The lowest BCUT2D eigenvalue weighted by atomic mass is 9.89. The Morgan fingerprint density at radius 2 is 2.03 bits per heavy atom. The van der Waals surface area contributed by atoms with Crippen molar-refractivity contribution in [2.75, 3.05) is 5.32 Å². The number of hydrogen-bond acceptors (Lipinski definition) is 7. The molecule has 1 saturated carbocycles. The molecule has 0 unspecified atom stereocenters. The van der Waals surface area contributed by atoms with Crippen molar-refractivity contribution >= 4 is 32.9 Å². The fourth-order valence-corrected chi connectivity index (χ4v) is 5.58. The molecule has 9 heteroatoms. The van der Waals surface area contributed by atoms with E-state index in [-0.39, 0.29) is 12.1 Å². The van der Waals surface area contributed by atoms with Crippen LogP contribution in [0.5, 0.6) is 0 Å². The highest BCUT2D eigenvalue weighted by Gasteiger charge is 2.30. The molecule has 0 radical (unpaired) electrons. The quantitative estimate of drug-likeness (QED) is 0.450. The molecule has 172 valence electrons. The summed E-state index contributed by atoms with van der Waals surface area (Å²) >= 11 is 1.62. The second-order valence-corrected chi connectivity index (χ2v) is 9.77. The number of allylic oxidation sites excluding steroid dienone is 6. The zero-order chi connectivity index (χ0) is 23.2. The maximum atomic E-state index is 9.88. The summed E-state index contributed by atoms with van der Waals surface area (Å²) < 4.78 is 3.74. The van der Waals surface area contributed by atoms with Crippen LogP contribution in [0.1, 0.15) is 24.8 Å². The summed E-state index contributed by atoms with van der Waals surface area (Å²) in [6, 6.07) is 2.21. The fourth-order valence-electron chi connectivity index (χ4n) is 4.42. The van der Waals surface area contributed by atoms with Crippen molar-refractivity contribution in [3.8, 4) is 22.2 Å². The summed E-state index contributed by atoms with van der Waals surface area (Å²) in [6.45, 7) is 0. The molecule has 0 aliphatic heterocycles. The standard InChI is InChI=1S/C25H25N7OS/c1-31-12-10-26-24(31)23-28-22(27-16-13-17(33)14-16)20-19(15-7-5-3-4-6-8-15)21(34-25(20)29-23)18-9-11-32(2)30-18/h3,5-12,16-17,33H,4,13-14H2,1-2H3,(H,27,28,29). The summed E-state index contributed by atoms with van der Waals surface area (Å²) in [6.07, 6.45) is 18.4. The Hall–Kier alpha value is -3.56. The predicted octanol–water partition coefficient (Wildman–Crippen LogP) is 4.33. The van der Waals surface area contributed by atoms with Gasteiger partial charge in [0.1, 0.15) is 16.3 Å². The first-order valence-corrected chi connectivity index (χ1v) is 12.2. The van der Waals surface area contributed by atoms with Crippen molar-refractivity contribution in [1.29, 1.82) is 0 Å². The third-order valence-electron chi connectivity index (χ3n) is 6.24. The number of nitrogens with one attached hydrogen (secondary N) is 1. The lowest BCUT2D eigenvalue weighted by molar-refractivity contribution is 0.0836. The molecule has 0 aromatic carbocycles. The van der Waals surface area contributed by atoms with Crippen LogP contribution in [0.25, 0.3) is 38.0 Å². The van der Waals surface area contributed by atoms with Crippen molar-refractivity contribution in [3.05, 3.63) is 60.6 Å². The van der Waals surface area contributed by atoms with Crippen molar-refractivity contribution in [2.24, 2.45) is 14.1 Å². The van der Waals surface area contributed by atoms with Gasteiger partial charge in [0, 0.05) is 44.3 Å². The molecule has 2 aliphatic rings. The molecule has 2 aliphatic carbocycles. The van der Waals surface area contributed by atoms with Gasteiger partial charge in [0.05, 0.1) is 16.4 Å². The first kappa shape index (κ1) is 21.0. The number of nitrogens with zero attached hydrogens (tertiary/aromatic N) is 6. The van der Waals surface area contributed by atoms with Gasteiger partial charge < -0.3 is 15.0 Å². The van der Waals surface area contributed by atoms with Crippen molar-refractivity contribution in [3.63, 3.8) is 0 Å². The van der Waals surface area contributed by atoms with E-state index in [1.165, 1.54) is 0 Å². The van der Waals surface area contributed by atoms with Gasteiger partial charge in [-0.05, 0) is 30.9 Å². The van der Waals surface area contributed by atoms with Crippen LogP contribution in [-0.4, -0.2) is 46.6 Å². The van der Waals surface area contributed by atoms with E-state index < -0.39 is 0 Å². The van der Waals surface area contributed by atoms with Crippen LogP contribution in [0.3, 0.4) is 0 Å². The van der Waals surface area contributed by atoms with Gasteiger partial charge in [-0.15, -0.1) is 11.3 Å². The Bertz CT molecular complexity index is 1470. The number of thiophene rings is 1. The molecule has 0 saturated heterocycles. The van der Waals surface area contributed by atoms with Gasteiger partial charge >= 0.3 is 0 Å². The molecule has 4 heterocycles. The zero-order valence-corrected chi connectivity index (χ0v) is 19.8. The Morgan fingerprint density at radius 1 is 1.15 bits per heavy atom. The molecule has 6 rings (SSSR count). The van der Waals surface area contributed by atoms with E-state index in [1.54, 1.807) is 17.5 Å². The van der Waals surface area contributed by atoms with E-state index >= 15 is 0 Å². The van der Waals surface area contributed by atoms with Crippen LogP contribution in [0, 0.1) is 0 Å². The van der Waals surface area contributed by atoms with E-state index in [9.17, 15) is 5.11 Å². The average molecular weight is 472 g/mol. The first-order chi connectivity index (χ1) is 16.6. The Balaban J connectivity index is 1.62. The maximum absolute atomic E-state index is 9.88. The summed E-state index contributed by atoms with van der Waals surface area (Å²) in [4.78, 5) is 16.4. The van der Waals surface area contributed by atoms with Gasteiger partial charge in [-0.2, -0.15) is 5.10 Å². The minimum absolute atomic E-state index is 0.173. The zero-order valence-electron chi connectivity index (χ0n) is 19.0. The van der Waals surface area contributed by atoms with E-state index in [2.05, 4.69) is 40.7 Å². The maximum Gasteiger partial charge on any atom is 0.199 e. The van der Waals surface area contributed by atoms with Crippen molar-refractivity contribution in [1.82, 2.24) is 29.3 Å². The minimum Gasteiger partial charge on any atom is -0.393 e. The summed E-state index contributed by atoms with van der Waals surface area (Å²) in [5.41, 5.74) is 3.09. The number of aromatic nitrogens is 6. The van der Waals surface area contributed by atoms with E-state index in [0.717, 1.165) is 44.2 Å². The van der Waals surface area contributed by atoms with Crippen LogP contribution in [-0.2, 0) is 14.1 Å². The summed E-state index contributed by atoms with van der Waals surface area (Å²) in [5.74, 6) is 2.06. The SMILES string of the molecule is Cn1ccc(-c2sc3nc(-c4nccn4C)nc(NC4CC(O)C4)c3c2C2=CC=CCC=C2)n1. The monoisotopic (exact) mass is 471 g/mol. The molecular weight excluding hydrogens is 446 g/mol. The van der Waals surface area contributed by atoms with Gasteiger partial charge in [-0.1, -0.05) is 30.4 Å². The van der Waals surface area contributed by atoms with Gasteiger partial charge in [-0.3, -0.25) is 4.68 Å². The fraction of sp³-hybridized carbons (Fsp3) is 0.280. The largest absolute Gasteiger partial charge is 0.393 e. The highest BCUT2D eigenvalue weighted by Crippen LogP contribution is 2.45. The smallest absolute Gasteiger partial charge is 0.199 e. The van der Waals surface area contributed by atoms with E-state index in [0.29, 0.717) is 24.5 Å². The van der Waals surface area contributed by atoms with Gasteiger partial charge in [0.25, 0.3) is 0 Å². The molecule has 0 bridgehead atoms. The second kappa shape index (κ2) is 8.34. The molecule has 8 nitrogen and oxygen atoms in total. The molecule has 2 N–H and O–H groups in total. The summed E-state index contributed by atoms with van der Waals surface area (Å²) in [5, 5.41) is 19.2. The van der Waals surface area contributed by atoms with Crippen LogP contribution in [0.4, 0.5) is 5.82 Å². The average Bonchev–Trinajstić information content (AvgIpc) is 3.46. The van der Waals surface area contributed by atoms with Gasteiger partial charge in [0.15, 0.2) is 11.6 Å². The molecule has 0 atom stereocenters. The summed E-state index contributed by atoms with van der Waals surface area (Å²) in [7, 11) is 3.87. The highest BCUT2D eigenvalue weighted by molar-refractivity contribution is 7.22. The molecule has 0 amide bonds. The number of fused-ring (bicyclic) bond motifs is 1. The van der Waals surface area contributed by atoms with Gasteiger partial charge in [0.2, 0.25) is 0 Å². The number of aliphatic hydroxyl groups excluding tert-OH is 1. The van der Waals surface area contributed by atoms with Crippen LogP contribution >= 0.6 is 11.3 Å². The van der Waals surface area contributed by atoms with Crippen LogP contribution in [0.2, 0.25) is 0 Å². The molecule has 4 aromatic rings. The molecular formula is C25H25N7OS. The second-order valence-electron chi connectivity index (χ2n) is 8.77. The minimum atomic E-state index is -0.257. The van der Waals surface area contributed by atoms with E-state index in [4.69, 9.17) is 15.1 Å². The highest BCUT2D eigenvalue weighted by atomic mass is 32.1. The lowest BCUT2D eigenvalue weighted by Crippen LogP contribution is -2.39.